The predicted molar refractivity (Wildman–Crippen MR) is 108 cm³/mol. The molecule has 0 aliphatic rings. The topological polar surface area (TPSA) is 117 Å². The van der Waals surface area contributed by atoms with Crippen LogP contribution in [-0.2, 0) is 16.6 Å². The van der Waals surface area contributed by atoms with Crippen molar-refractivity contribution in [1.82, 2.24) is 14.5 Å². The molecule has 3 rings (SSSR count). The Labute approximate surface area is 168 Å². The lowest BCUT2D eigenvalue weighted by atomic mass is 10.2. The maximum absolute atomic E-state index is 12.5. The number of nitrogens with one attached hydrogen (secondary N) is 2. The molecule has 0 aliphatic heterocycles. The first kappa shape index (κ1) is 20.3. The number of anilines is 1. The lowest BCUT2D eigenvalue weighted by Gasteiger charge is -2.10. The van der Waals surface area contributed by atoms with E-state index in [0.29, 0.717) is 17.9 Å². The average molecular weight is 409 g/mol. The van der Waals surface area contributed by atoms with Crippen LogP contribution in [0, 0.1) is 11.3 Å². The summed E-state index contributed by atoms with van der Waals surface area (Å²) in [4.78, 5) is 12.6. The highest BCUT2D eigenvalue weighted by molar-refractivity contribution is 7.89. The zero-order valence-corrected chi connectivity index (χ0v) is 16.3. The van der Waals surface area contributed by atoms with Crippen LogP contribution in [-0.4, -0.2) is 30.7 Å². The van der Waals surface area contributed by atoms with Crippen molar-refractivity contribution in [3.05, 3.63) is 78.0 Å². The second-order valence-electron chi connectivity index (χ2n) is 6.14. The van der Waals surface area contributed by atoms with E-state index in [1.807, 2.05) is 36.4 Å². The molecule has 2 N–H and O–H groups in total. The van der Waals surface area contributed by atoms with Gasteiger partial charge in [0.25, 0.3) is 5.91 Å². The van der Waals surface area contributed by atoms with Crippen molar-refractivity contribution in [1.29, 1.82) is 5.26 Å². The zero-order chi connectivity index (χ0) is 20.7. The van der Waals surface area contributed by atoms with Gasteiger partial charge in [0.2, 0.25) is 10.0 Å². The van der Waals surface area contributed by atoms with Gasteiger partial charge in [-0.25, -0.2) is 17.8 Å². The van der Waals surface area contributed by atoms with E-state index in [2.05, 4.69) is 15.1 Å². The molecule has 29 heavy (non-hydrogen) atoms. The fourth-order valence-corrected chi connectivity index (χ4v) is 3.65. The molecule has 1 aromatic heterocycles. The predicted octanol–water partition coefficient (Wildman–Crippen LogP) is 2.38. The summed E-state index contributed by atoms with van der Waals surface area (Å²) in [6, 6.07) is 18.9. The first-order valence-electron chi connectivity index (χ1n) is 8.83. The Bertz CT molecular complexity index is 1120. The van der Waals surface area contributed by atoms with E-state index in [1.165, 1.54) is 24.3 Å². The summed E-state index contributed by atoms with van der Waals surface area (Å²) >= 11 is 0. The van der Waals surface area contributed by atoms with Gasteiger partial charge in [-0.05, 0) is 29.8 Å². The molecule has 0 bridgehead atoms. The zero-order valence-electron chi connectivity index (χ0n) is 15.4. The first-order valence-corrected chi connectivity index (χ1v) is 10.3. The normalized spacial score (nSPS) is 11.0. The van der Waals surface area contributed by atoms with E-state index in [1.54, 1.807) is 16.9 Å². The molecule has 0 aliphatic carbocycles. The van der Waals surface area contributed by atoms with Crippen LogP contribution in [0.1, 0.15) is 22.3 Å². The van der Waals surface area contributed by atoms with Gasteiger partial charge in [-0.3, -0.25) is 4.79 Å². The van der Waals surface area contributed by atoms with Crippen molar-refractivity contribution in [3.63, 3.8) is 0 Å². The van der Waals surface area contributed by atoms with Crippen molar-refractivity contribution in [2.45, 2.75) is 17.9 Å². The number of nitrogens with zero attached hydrogens (tertiary/aromatic N) is 3. The van der Waals surface area contributed by atoms with Crippen LogP contribution in [0.3, 0.4) is 0 Å². The van der Waals surface area contributed by atoms with E-state index in [-0.39, 0.29) is 23.8 Å². The minimum atomic E-state index is -3.71. The highest BCUT2D eigenvalue weighted by Gasteiger charge is 2.15. The second kappa shape index (κ2) is 9.14. The number of hydrogen-bond donors (Lipinski definition) is 2. The van der Waals surface area contributed by atoms with Crippen molar-refractivity contribution in [2.75, 3.05) is 11.9 Å². The third-order valence-electron chi connectivity index (χ3n) is 4.09. The fourth-order valence-electron chi connectivity index (χ4n) is 2.62. The highest BCUT2D eigenvalue weighted by atomic mass is 32.2. The van der Waals surface area contributed by atoms with E-state index >= 15 is 0 Å². The number of aromatic nitrogens is 2. The van der Waals surface area contributed by atoms with Gasteiger partial charge in [0.05, 0.1) is 23.7 Å². The number of nitriles is 1. The SMILES string of the molecule is N#CCCNS(=O)(=O)c1ccc(C(=O)Nc2ccnn2Cc2ccccc2)cc1. The molecule has 2 aromatic carbocycles. The summed E-state index contributed by atoms with van der Waals surface area (Å²) in [5.41, 5.74) is 1.36. The lowest BCUT2D eigenvalue weighted by molar-refractivity contribution is 0.102. The molecule has 0 unspecified atom stereocenters. The minimum Gasteiger partial charge on any atom is -0.307 e. The van der Waals surface area contributed by atoms with Gasteiger partial charge in [0.1, 0.15) is 5.82 Å². The Morgan fingerprint density at radius 3 is 2.48 bits per heavy atom. The summed E-state index contributed by atoms with van der Waals surface area (Å²) in [6.45, 7) is 0.543. The Hall–Kier alpha value is -3.48. The van der Waals surface area contributed by atoms with Gasteiger partial charge in [-0.1, -0.05) is 30.3 Å². The van der Waals surface area contributed by atoms with E-state index in [9.17, 15) is 13.2 Å². The number of sulfonamides is 1. The number of amides is 1. The van der Waals surface area contributed by atoms with Crippen LogP contribution in [0.15, 0.2) is 71.8 Å². The average Bonchev–Trinajstić information content (AvgIpc) is 3.15. The number of benzene rings is 2. The van der Waals surface area contributed by atoms with Gasteiger partial charge in [-0.2, -0.15) is 10.4 Å². The molecule has 148 valence electrons. The number of rotatable bonds is 8. The van der Waals surface area contributed by atoms with Crippen molar-refractivity contribution >= 4 is 21.7 Å². The monoisotopic (exact) mass is 409 g/mol. The highest BCUT2D eigenvalue weighted by Crippen LogP contribution is 2.14. The Balaban J connectivity index is 1.68. The molecule has 1 amide bonds. The molecule has 0 atom stereocenters. The molecule has 0 fully saturated rings. The quantitative estimate of drug-likeness (QED) is 0.554. The maximum Gasteiger partial charge on any atom is 0.256 e. The summed E-state index contributed by atoms with van der Waals surface area (Å²) < 4.78 is 28.3. The summed E-state index contributed by atoms with van der Waals surface area (Å²) in [5, 5.41) is 15.5. The van der Waals surface area contributed by atoms with E-state index in [0.717, 1.165) is 5.56 Å². The van der Waals surface area contributed by atoms with Crippen LogP contribution >= 0.6 is 0 Å². The lowest BCUT2D eigenvalue weighted by Crippen LogP contribution is -2.24. The summed E-state index contributed by atoms with van der Waals surface area (Å²) in [6.07, 6.45) is 1.68. The largest absolute Gasteiger partial charge is 0.307 e. The number of hydrogen-bond acceptors (Lipinski definition) is 5. The van der Waals surface area contributed by atoms with Crippen LogP contribution < -0.4 is 10.0 Å². The third-order valence-corrected chi connectivity index (χ3v) is 5.57. The Morgan fingerprint density at radius 2 is 1.79 bits per heavy atom. The van der Waals surface area contributed by atoms with Crippen molar-refractivity contribution in [2.24, 2.45) is 0 Å². The molecule has 0 saturated carbocycles. The molecule has 0 spiro atoms. The minimum absolute atomic E-state index is 0.0288. The van der Waals surface area contributed by atoms with Crippen LogP contribution in [0.5, 0.6) is 0 Å². The van der Waals surface area contributed by atoms with E-state index in [4.69, 9.17) is 5.26 Å². The van der Waals surface area contributed by atoms with Gasteiger partial charge >= 0.3 is 0 Å². The van der Waals surface area contributed by atoms with E-state index < -0.39 is 10.0 Å². The summed E-state index contributed by atoms with van der Waals surface area (Å²) in [7, 11) is -3.71. The standard InChI is InChI=1S/C20H19N5O3S/c21-12-4-13-23-29(27,28)18-9-7-17(8-10-18)20(26)24-19-11-14-22-25(19)15-16-5-2-1-3-6-16/h1-3,5-11,14,23H,4,13,15H2,(H,24,26). The Kier molecular flexibility index (Phi) is 6.39. The fraction of sp³-hybridized carbons (Fsp3) is 0.150. The van der Waals surface area contributed by atoms with Crippen LogP contribution in [0.4, 0.5) is 5.82 Å². The van der Waals surface area contributed by atoms with Crippen molar-refractivity contribution in [3.8, 4) is 6.07 Å². The van der Waals surface area contributed by atoms with Gasteiger partial charge < -0.3 is 5.32 Å². The van der Waals surface area contributed by atoms with Crippen molar-refractivity contribution < 1.29 is 13.2 Å². The van der Waals surface area contributed by atoms with Gasteiger partial charge in [0.15, 0.2) is 0 Å². The third kappa shape index (κ3) is 5.28. The molecular weight excluding hydrogens is 390 g/mol. The Morgan fingerprint density at radius 1 is 1.07 bits per heavy atom. The number of carbonyl (C=O) groups excluding carboxylic acids is 1. The summed E-state index contributed by atoms with van der Waals surface area (Å²) in [5.74, 6) is 0.162. The molecule has 0 radical (unpaired) electrons. The van der Waals surface area contributed by atoms with Gasteiger partial charge in [-0.15, -0.1) is 0 Å². The molecular formula is C20H19N5O3S. The molecule has 8 nitrogen and oxygen atoms in total. The number of carbonyl (C=O) groups is 1. The molecule has 9 heteroatoms. The van der Waals surface area contributed by atoms with Gasteiger partial charge in [0, 0.05) is 24.6 Å². The van der Waals surface area contributed by atoms with Crippen LogP contribution in [0.2, 0.25) is 0 Å². The smallest absolute Gasteiger partial charge is 0.256 e. The van der Waals surface area contributed by atoms with Crippen LogP contribution in [0.25, 0.3) is 0 Å². The first-order chi connectivity index (χ1) is 14.0. The maximum atomic E-state index is 12.5. The molecule has 1 heterocycles. The molecule has 0 saturated heterocycles. The second-order valence-corrected chi connectivity index (χ2v) is 7.91. The molecule has 3 aromatic rings.